The minimum Gasteiger partial charge on any atom is -0.383 e. The van der Waals surface area contributed by atoms with Gasteiger partial charge in [-0.25, -0.2) is 4.79 Å². The molecule has 1 aromatic heterocycles. The van der Waals surface area contributed by atoms with Gasteiger partial charge in [-0.1, -0.05) is 40.7 Å². The molecule has 0 unspecified atom stereocenters. The Labute approximate surface area is 204 Å². The Bertz CT molecular complexity index is 1160. The van der Waals surface area contributed by atoms with E-state index in [1.807, 2.05) is 34.6 Å². The van der Waals surface area contributed by atoms with Crippen molar-refractivity contribution in [3.8, 4) is 0 Å². The van der Waals surface area contributed by atoms with Crippen LogP contribution in [0.15, 0.2) is 33.9 Å². The summed E-state index contributed by atoms with van der Waals surface area (Å²) in [6.45, 7) is 9.60. The van der Waals surface area contributed by atoms with E-state index in [-0.39, 0.29) is 49.6 Å². The molecule has 11 heteroatoms. The summed E-state index contributed by atoms with van der Waals surface area (Å²) in [6.07, 6.45) is 0. The summed E-state index contributed by atoms with van der Waals surface area (Å²) in [5.41, 5.74) is 5.36. The van der Waals surface area contributed by atoms with Crippen LogP contribution < -0.4 is 32.5 Å². The van der Waals surface area contributed by atoms with Crippen molar-refractivity contribution < 1.29 is 14.3 Å². The molecule has 2 aromatic rings. The molecule has 0 spiro atoms. The maximum atomic E-state index is 13.2. The van der Waals surface area contributed by atoms with Gasteiger partial charge >= 0.3 is 5.69 Å². The zero-order valence-corrected chi connectivity index (χ0v) is 21.2. The van der Waals surface area contributed by atoms with Crippen molar-refractivity contribution >= 4 is 34.7 Å². The quantitative estimate of drug-likeness (QED) is 0.398. The number of methoxy groups -OCH3 is 1. The Morgan fingerprint density at radius 3 is 2.46 bits per heavy atom. The van der Waals surface area contributed by atoms with Crippen molar-refractivity contribution in [3.63, 3.8) is 0 Å². The summed E-state index contributed by atoms with van der Waals surface area (Å²) in [5, 5.41) is 5.86. The van der Waals surface area contributed by atoms with E-state index in [0.29, 0.717) is 11.4 Å². The van der Waals surface area contributed by atoms with Gasteiger partial charge in [-0.2, -0.15) is 0 Å². The first-order chi connectivity index (χ1) is 16.3. The van der Waals surface area contributed by atoms with Crippen molar-refractivity contribution in [2.24, 2.45) is 11.3 Å². The van der Waals surface area contributed by atoms with E-state index in [2.05, 4.69) is 15.6 Å². The minimum absolute atomic E-state index is 0.0614. The second-order valence-electron chi connectivity index (χ2n) is 9.67. The van der Waals surface area contributed by atoms with E-state index in [1.54, 1.807) is 24.3 Å². The molecule has 0 aliphatic rings. The normalized spacial score (nSPS) is 11.4. The second kappa shape index (κ2) is 11.7. The lowest BCUT2D eigenvalue weighted by atomic mass is 9.95. The van der Waals surface area contributed by atoms with Crippen LogP contribution in [-0.2, 0) is 20.9 Å². The Balaban J connectivity index is 2.28. The maximum absolute atomic E-state index is 13.2. The van der Waals surface area contributed by atoms with Crippen LogP contribution >= 0.6 is 0 Å². The fourth-order valence-electron chi connectivity index (χ4n) is 3.23. The largest absolute Gasteiger partial charge is 0.383 e. The van der Waals surface area contributed by atoms with Gasteiger partial charge in [-0.05, 0) is 24.1 Å². The standard InChI is InChI=1S/C24H36N6O5/c1-15(2)14-30-20(25)19(21(32)28-23(30)34)29(10-11-35-6)18(31)13-26-16-8-7-9-17(12-16)27-22(33)24(3,4)5/h7-9,12,15,26H,10-11,13-14,25H2,1-6H3,(H,27,33)(H,28,32,34). The number of aromatic nitrogens is 2. The first-order valence-electron chi connectivity index (χ1n) is 11.4. The minimum atomic E-state index is -0.746. The fraction of sp³-hybridized carbons (Fsp3) is 0.500. The maximum Gasteiger partial charge on any atom is 0.330 e. The van der Waals surface area contributed by atoms with E-state index in [9.17, 15) is 19.2 Å². The van der Waals surface area contributed by atoms with E-state index in [0.717, 1.165) is 0 Å². The molecule has 0 bridgehead atoms. The molecule has 192 valence electrons. The number of carbonyl (C=O) groups excluding carboxylic acids is 2. The predicted octanol–water partition coefficient (Wildman–Crippen LogP) is 1.85. The highest BCUT2D eigenvalue weighted by atomic mass is 16.5. The summed E-state index contributed by atoms with van der Waals surface area (Å²) in [5.74, 6) is -0.575. The SMILES string of the molecule is COCCN(C(=O)CNc1cccc(NC(=O)C(C)(C)C)c1)c1c(N)n(CC(C)C)c(=O)[nH]c1=O. The molecule has 0 aliphatic heterocycles. The molecule has 1 heterocycles. The summed E-state index contributed by atoms with van der Waals surface area (Å²) >= 11 is 0. The number of benzene rings is 1. The lowest BCUT2D eigenvalue weighted by Gasteiger charge is -2.25. The van der Waals surface area contributed by atoms with Crippen molar-refractivity contribution in [1.82, 2.24) is 9.55 Å². The van der Waals surface area contributed by atoms with Crippen molar-refractivity contribution in [2.45, 2.75) is 41.2 Å². The number of amides is 2. The first kappa shape index (κ1) is 27.6. The Kier molecular flexibility index (Phi) is 9.24. The number of carbonyl (C=O) groups is 2. The van der Waals surface area contributed by atoms with E-state index < -0.39 is 22.6 Å². The van der Waals surface area contributed by atoms with Gasteiger partial charge in [-0.3, -0.25) is 23.9 Å². The molecule has 0 fully saturated rings. The molecule has 5 N–H and O–H groups in total. The van der Waals surface area contributed by atoms with Crippen LogP contribution in [0.3, 0.4) is 0 Å². The number of rotatable bonds is 10. The lowest BCUT2D eigenvalue weighted by molar-refractivity contribution is -0.123. The highest BCUT2D eigenvalue weighted by Crippen LogP contribution is 2.21. The van der Waals surface area contributed by atoms with Crippen molar-refractivity contribution in [3.05, 3.63) is 45.1 Å². The highest BCUT2D eigenvalue weighted by molar-refractivity contribution is 5.98. The van der Waals surface area contributed by atoms with Crippen LogP contribution in [0.1, 0.15) is 34.6 Å². The van der Waals surface area contributed by atoms with Crippen LogP contribution in [0, 0.1) is 11.3 Å². The van der Waals surface area contributed by atoms with Crippen molar-refractivity contribution in [2.75, 3.05) is 48.1 Å². The van der Waals surface area contributed by atoms with Gasteiger partial charge in [0.2, 0.25) is 11.8 Å². The number of anilines is 4. The van der Waals surface area contributed by atoms with Gasteiger partial charge in [-0.15, -0.1) is 0 Å². The second-order valence-corrected chi connectivity index (χ2v) is 9.67. The topological polar surface area (TPSA) is 152 Å². The van der Waals surface area contributed by atoms with E-state index >= 15 is 0 Å². The number of H-pyrrole nitrogens is 1. The number of nitrogens with two attached hydrogens (primary N) is 1. The summed E-state index contributed by atoms with van der Waals surface area (Å²) < 4.78 is 6.36. The van der Waals surface area contributed by atoms with Gasteiger partial charge in [0.05, 0.1) is 13.2 Å². The van der Waals surface area contributed by atoms with Crippen molar-refractivity contribution in [1.29, 1.82) is 0 Å². The fourth-order valence-corrected chi connectivity index (χ4v) is 3.23. The monoisotopic (exact) mass is 488 g/mol. The van der Waals surface area contributed by atoms with Gasteiger partial charge < -0.3 is 26.0 Å². The smallest absolute Gasteiger partial charge is 0.330 e. The average Bonchev–Trinajstić information content (AvgIpc) is 2.76. The van der Waals surface area contributed by atoms with E-state index in [4.69, 9.17) is 10.5 Å². The van der Waals surface area contributed by atoms with Gasteiger partial charge in [0.25, 0.3) is 5.56 Å². The third-order valence-electron chi connectivity index (χ3n) is 5.10. The molecule has 35 heavy (non-hydrogen) atoms. The Morgan fingerprint density at radius 2 is 1.86 bits per heavy atom. The molecule has 1 aromatic carbocycles. The van der Waals surface area contributed by atoms with Gasteiger partial charge in [0.1, 0.15) is 5.82 Å². The van der Waals surface area contributed by atoms with Crippen LogP contribution in [0.5, 0.6) is 0 Å². The predicted molar refractivity (Wildman–Crippen MR) is 138 cm³/mol. The van der Waals surface area contributed by atoms with Gasteiger partial charge in [0, 0.05) is 37.0 Å². The molecule has 2 rings (SSSR count). The molecule has 0 aliphatic carbocycles. The van der Waals surface area contributed by atoms with Gasteiger partial charge in [0.15, 0.2) is 5.69 Å². The number of nitrogens with one attached hydrogen (secondary N) is 3. The molecular formula is C24H36N6O5. The molecule has 0 radical (unpaired) electrons. The van der Waals surface area contributed by atoms with Crippen LogP contribution in [0.2, 0.25) is 0 Å². The molecule has 0 saturated heterocycles. The molecule has 11 nitrogen and oxygen atoms in total. The lowest BCUT2D eigenvalue weighted by Crippen LogP contribution is -2.44. The molecular weight excluding hydrogens is 452 g/mol. The van der Waals surface area contributed by atoms with Crippen LogP contribution in [0.4, 0.5) is 22.9 Å². The van der Waals surface area contributed by atoms with Crippen LogP contribution in [-0.4, -0.2) is 48.2 Å². The average molecular weight is 489 g/mol. The summed E-state index contributed by atoms with van der Waals surface area (Å²) in [4.78, 5) is 53.9. The number of hydrogen-bond donors (Lipinski definition) is 4. The zero-order valence-electron chi connectivity index (χ0n) is 21.2. The number of nitrogen functional groups attached to an aromatic ring is 1. The summed E-state index contributed by atoms with van der Waals surface area (Å²) in [6, 6.07) is 6.96. The third-order valence-corrected chi connectivity index (χ3v) is 5.10. The van der Waals surface area contributed by atoms with Crippen LogP contribution in [0.25, 0.3) is 0 Å². The Hall–Kier alpha value is -3.60. The number of ether oxygens (including phenoxy) is 1. The number of nitrogens with zero attached hydrogens (tertiary/aromatic N) is 2. The summed E-state index contributed by atoms with van der Waals surface area (Å²) in [7, 11) is 1.48. The number of aromatic amines is 1. The molecule has 0 saturated carbocycles. The zero-order chi connectivity index (χ0) is 26.3. The third kappa shape index (κ3) is 7.44. The molecule has 2 amide bonds. The highest BCUT2D eigenvalue weighted by Gasteiger charge is 2.24. The number of hydrogen-bond acceptors (Lipinski definition) is 7. The molecule has 0 atom stereocenters. The Morgan fingerprint density at radius 1 is 1.20 bits per heavy atom. The van der Waals surface area contributed by atoms with E-state index in [1.165, 1.54) is 16.6 Å². The first-order valence-corrected chi connectivity index (χ1v) is 11.4.